The third-order valence-electron chi connectivity index (χ3n) is 5.39. The maximum atomic E-state index is 6.76. The van der Waals surface area contributed by atoms with Gasteiger partial charge >= 0.3 is 0 Å². The molecular formula is C25H16O2S. The molecule has 5 aromatic rings. The Kier molecular flexibility index (Phi) is 3.28. The Labute approximate surface area is 166 Å². The van der Waals surface area contributed by atoms with Crippen molar-refractivity contribution in [1.82, 2.24) is 0 Å². The Bertz CT molecular complexity index is 1330. The Hall–Kier alpha value is -3.30. The second kappa shape index (κ2) is 5.85. The number of thiophene rings is 1. The van der Waals surface area contributed by atoms with E-state index in [0.717, 1.165) is 43.7 Å². The van der Waals surface area contributed by atoms with Crippen LogP contribution in [0.15, 0.2) is 94.7 Å². The number of hydrogen-bond acceptors (Lipinski definition) is 3. The highest BCUT2D eigenvalue weighted by atomic mass is 32.1. The number of ether oxygens (including phenoxy) is 1. The molecule has 0 saturated heterocycles. The van der Waals surface area contributed by atoms with Crippen LogP contribution in [0.5, 0.6) is 5.75 Å². The van der Waals surface area contributed by atoms with Gasteiger partial charge in [-0.1, -0.05) is 54.6 Å². The van der Waals surface area contributed by atoms with Crippen LogP contribution in [0.4, 0.5) is 0 Å². The summed E-state index contributed by atoms with van der Waals surface area (Å²) in [5, 5.41) is 4.32. The molecule has 3 heteroatoms. The molecule has 1 atom stereocenters. The van der Waals surface area contributed by atoms with Crippen LogP contribution in [0, 0.1) is 0 Å². The predicted octanol–water partition coefficient (Wildman–Crippen LogP) is 7.00. The fourth-order valence-corrected chi connectivity index (χ4v) is 4.96. The largest absolute Gasteiger partial charge is 0.472 e. The fraction of sp³-hybridized carbons (Fsp3) is 0.0400. The molecule has 0 saturated carbocycles. The van der Waals surface area contributed by atoms with Gasteiger partial charge in [-0.2, -0.15) is 0 Å². The Balaban J connectivity index is 1.62. The van der Waals surface area contributed by atoms with Crippen molar-refractivity contribution in [3.63, 3.8) is 0 Å². The van der Waals surface area contributed by atoms with Gasteiger partial charge in [0.25, 0.3) is 0 Å². The highest BCUT2D eigenvalue weighted by Crippen LogP contribution is 2.46. The molecule has 2 nitrogen and oxygen atoms in total. The van der Waals surface area contributed by atoms with E-state index < -0.39 is 5.60 Å². The quantitative estimate of drug-likeness (QED) is 0.329. The molecular weight excluding hydrogens is 364 g/mol. The summed E-state index contributed by atoms with van der Waals surface area (Å²) in [7, 11) is 0. The van der Waals surface area contributed by atoms with Crippen molar-refractivity contribution in [3.05, 3.63) is 106 Å². The lowest BCUT2D eigenvalue weighted by molar-refractivity contribution is 0.165. The molecule has 2 aromatic heterocycles. The van der Waals surface area contributed by atoms with E-state index in [9.17, 15) is 0 Å². The van der Waals surface area contributed by atoms with Gasteiger partial charge in [0.1, 0.15) is 16.9 Å². The van der Waals surface area contributed by atoms with Crippen molar-refractivity contribution in [2.45, 2.75) is 5.60 Å². The van der Waals surface area contributed by atoms with E-state index in [2.05, 4.69) is 60.0 Å². The summed E-state index contributed by atoms with van der Waals surface area (Å²) < 4.78 is 12.8. The maximum absolute atomic E-state index is 6.76. The summed E-state index contributed by atoms with van der Waals surface area (Å²) >= 11 is 1.71. The monoisotopic (exact) mass is 380 g/mol. The van der Waals surface area contributed by atoms with Crippen molar-refractivity contribution >= 4 is 39.4 Å². The van der Waals surface area contributed by atoms with Crippen LogP contribution < -0.4 is 4.74 Å². The molecule has 3 aromatic carbocycles. The molecule has 0 amide bonds. The van der Waals surface area contributed by atoms with E-state index in [1.807, 2.05) is 36.4 Å². The van der Waals surface area contributed by atoms with Gasteiger partial charge in [0.05, 0.1) is 4.88 Å². The molecule has 1 aliphatic rings. The molecule has 6 rings (SSSR count). The summed E-state index contributed by atoms with van der Waals surface area (Å²) in [4.78, 5) is 1.16. The molecule has 0 N–H and O–H groups in total. The first-order chi connectivity index (χ1) is 13.9. The van der Waals surface area contributed by atoms with Gasteiger partial charge < -0.3 is 9.15 Å². The van der Waals surface area contributed by atoms with Crippen molar-refractivity contribution in [1.29, 1.82) is 0 Å². The van der Waals surface area contributed by atoms with Gasteiger partial charge in [-0.3, -0.25) is 0 Å². The first kappa shape index (κ1) is 15.7. The van der Waals surface area contributed by atoms with E-state index in [1.54, 1.807) is 11.3 Å². The number of rotatable bonds is 2. The predicted molar refractivity (Wildman–Crippen MR) is 115 cm³/mol. The van der Waals surface area contributed by atoms with Gasteiger partial charge in [0, 0.05) is 21.9 Å². The zero-order valence-corrected chi connectivity index (χ0v) is 15.8. The molecule has 1 aliphatic heterocycles. The third kappa shape index (κ3) is 2.14. The van der Waals surface area contributed by atoms with Crippen molar-refractivity contribution in [3.8, 4) is 5.75 Å². The molecule has 0 radical (unpaired) electrons. The summed E-state index contributed by atoms with van der Waals surface area (Å²) in [5.74, 6) is 0.874. The van der Waals surface area contributed by atoms with Gasteiger partial charge in [-0.05, 0) is 41.8 Å². The average molecular weight is 380 g/mol. The Morgan fingerprint density at radius 2 is 1.61 bits per heavy atom. The van der Waals surface area contributed by atoms with Crippen molar-refractivity contribution in [2.75, 3.05) is 0 Å². The van der Waals surface area contributed by atoms with E-state index in [1.165, 1.54) is 0 Å². The Morgan fingerprint density at radius 1 is 0.750 bits per heavy atom. The highest BCUT2D eigenvalue weighted by molar-refractivity contribution is 7.10. The smallest absolute Gasteiger partial charge is 0.187 e. The minimum Gasteiger partial charge on any atom is -0.472 e. The highest BCUT2D eigenvalue weighted by Gasteiger charge is 2.38. The molecule has 3 heterocycles. The number of hydrogen-bond donors (Lipinski definition) is 0. The standard InChI is InChI=1S/C25H16O2S/c1-2-7-17(8-3-1)25(23-11-6-16-28-23)15-14-19-21(27-25)12-13-22-24(19)18-9-4-5-10-20(18)26-22/h1-16H. The van der Waals surface area contributed by atoms with Gasteiger partial charge in [0.2, 0.25) is 0 Å². The van der Waals surface area contributed by atoms with Crippen LogP contribution in [0.3, 0.4) is 0 Å². The van der Waals surface area contributed by atoms with E-state index in [4.69, 9.17) is 9.15 Å². The van der Waals surface area contributed by atoms with Crippen molar-refractivity contribution in [2.24, 2.45) is 0 Å². The molecule has 0 aliphatic carbocycles. The minimum atomic E-state index is -0.615. The molecule has 0 spiro atoms. The summed E-state index contributed by atoms with van der Waals surface area (Å²) in [6, 6.07) is 26.8. The second-order valence-electron chi connectivity index (χ2n) is 6.96. The third-order valence-corrected chi connectivity index (χ3v) is 6.38. The van der Waals surface area contributed by atoms with Crippen LogP contribution in [-0.4, -0.2) is 0 Å². The first-order valence-corrected chi connectivity index (χ1v) is 10.2. The van der Waals surface area contributed by atoms with Crippen molar-refractivity contribution < 1.29 is 9.15 Å². The van der Waals surface area contributed by atoms with Gasteiger partial charge in [-0.25, -0.2) is 0 Å². The van der Waals surface area contributed by atoms with E-state index in [-0.39, 0.29) is 0 Å². The number of benzene rings is 3. The normalized spacial score (nSPS) is 18.3. The van der Waals surface area contributed by atoms with Gasteiger partial charge in [0.15, 0.2) is 5.60 Å². The van der Waals surface area contributed by atoms with Crippen LogP contribution in [-0.2, 0) is 5.60 Å². The van der Waals surface area contributed by atoms with Crippen LogP contribution in [0.25, 0.3) is 28.0 Å². The fourth-order valence-electron chi connectivity index (χ4n) is 4.09. The molecule has 28 heavy (non-hydrogen) atoms. The van der Waals surface area contributed by atoms with Crippen LogP contribution in [0.1, 0.15) is 16.0 Å². The zero-order valence-electron chi connectivity index (χ0n) is 15.0. The molecule has 134 valence electrons. The lowest BCUT2D eigenvalue weighted by Gasteiger charge is -2.35. The summed E-state index contributed by atoms with van der Waals surface area (Å²) in [6.45, 7) is 0. The number of para-hydroxylation sites is 1. The SMILES string of the molecule is C1=CC(c2ccccc2)(c2cccs2)Oc2ccc3oc4ccccc4c3c21. The zero-order chi connectivity index (χ0) is 18.6. The average Bonchev–Trinajstić information content (AvgIpc) is 3.42. The lowest BCUT2D eigenvalue weighted by Crippen LogP contribution is -2.33. The van der Waals surface area contributed by atoms with E-state index >= 15 is 0 Å². The van der Waals surface area contributed by atoms with E-state index in [0.29, 0.717) is 0 Å². The lowest BCUT2D eigenvalue weighted by atomic mass is 9.88. The molecule has 0 bridgehead atoms. The number of furan rings is 1. The topological polar surface area (TPSA) is 22.4 Å². The summed E-state index contributed by atoms with van der Waals surface area (Å²) in [6.07, 6.45) is 4.37. The second-order valence-corrected chi connectivity index (χ2v) is 7.91. The molecule has 1 unspecified atom stereocenters. The first-order valence-electron chi connectivity index (χ1n) is 9.27. The number of fused-ring (bicyclic) bond motifs is 5. The summed E-state index contributed by atoms with van der Waals surface area (Å²) in [5.41, 5.74) is 3.37. The van der Waals surface area contributed by atoms with Crippen LogP contribution >= 0.6 is 11.3 Å². The van der Waals surface area contributed by atoms with Crippen LogP contribution in [0.2, 0.25) is 0 Å². The van der Waals surface area contributed by atoms with Gasteiger partial charge in [-0.15, -0.1) is 11.3 Å². The maximum Gasteiger partial charge on any atom is 0.187 e. The minimum absolute atomic E-state index is 0.615. The molecule has 0 fully saturated rings. The Morgan fingerprint density at radius 3 is 2.46 bits per heavy atom.